The van der Waals surface area contributed by atoms with Crippen molar-refractivity contribution in [3.05, 3.63) is 35.9 Å². The highest BCUT2D eigenvalue weighted by Crippen LogP contribution is 2.43. The van der Waals surface area contributed by atoms with Crippen LogP contribution in [0.3, 0.4) is 0 Å². The minimum atomic E-state index is 0.494. The molecule has 1 aliphatic carbocycles. The average molecular weight is 216 g/mol. The topological polar surface area (TPSA) is 0 Å². The van der Waals surface area contributed by atoms with Crippen LogP contribution in [0.25, 0.3) is 0 Å². The zero-order valence-corrected chi connectivity index (χ0v) is 10.7. The Balaban J connectivity index is 2.26. The number of hydrogen-bond acceptors (Lipinski definition) is 0. The van der Waals surface area contributed by atoms with Crippen LogP contribution >= 0.6 is 0 Å². The third-order valence-electron chi connectivity index (χ3n) is 4.00. The van der Waals surface area contributed by atoms with Crippen molar-refractivity contribution in [1.82, 2.24) is 0 Å². The summed E-state index contributed by atoms with van der Waals surface area (Å²) >= 11 is 0. The second kappa shape index (κ2) is 5.03. The van der Waals surface area contributed by atoms with Gasteiger partial charge in [-0.25, -0.2) is 0 Å². The van der Waals surface area contributed by atoms with Gasteiger partial charge >= 0.3 is 0 Å². The first-order valence-electron chi connectivity index (χ1n) is 6.78. The van der Waals surface area contributed by atoms with E-state index in [2.05, 4.69) is 44.2 Å². The van der Waals surface area contributed by atoms with Crippen molar-refractivity contribution >= 4 is 0 Å². The fraction of sp³-hybridized carbons (Fsp3) is 0.625. The molecule has 1 aliphatic rings. The maximum absolute atomic E-state index is 2.36. The summed E-state index contributed by atoms with van der Waals surface area (Å²) in [7, 11) is 0. The lowest BCUT2D eigenvalue weighted by Gasteiger charge is -2.39. The van der Waals surface area contributed by atoms with Crippen LogP contribution in [0.15, 0.2) is 30.3 Å². The van der Waals surface area contributed by atoms with Gasteiger partial charge in [-0.1, -0.05) is 63.4 Å². The van der Waals surface area contributed by atoms with Gasteiger partial charge in [-0.3, -0.25) is 0 Å². The molecular weight excluding hydrogens is 192 g/mol. The van der Waals surface area contributed by atoms with E-state index in [9.17, 15) is 0 Å². The minimum Gasteiger partial charge on any atom is -0.0627 e. The number of benzene rings is 1. The van der Waals surface area contributed by atoms with Crippen molar-refractivity contribution in [3.8, 4) is 0 Å². The molecule has 0 radical (unpaired) electrons. The first kappa shape index (κ1) is 11.7. The van der Waals surface area contributed by atoms with Crippen LogP contribution in [0.5, 0.6) is 0 Å². The first-order chi connectivity index (χ1) is 7.73. The summed E-state index contributed by atoms with van der Waals surface area (Å²) in [5, 5.41) is 0. The molecule has 0 N–H and O–H groups in total. The first-order valence-corrected chi connectivity index (χ1v) is 6.78. The van der Waals surface area contributed by atoms with Crippen LogP contribution in [0.4, 0.5) is 0 Å². The molecule has 1 saturated carbocycles. The van der Waals surface area contributed by atoms with Gasteiger partial charge in [-0.05, 0) is 36.2 Å². The number of hydrogen-bond donors (Lipinski definition) is 0. The van der Waals surface area contributed by atoms with Crippen molar-refractivity contribution in [2.24, 2.45) is 5.92 Å². The molecule has 0 heteroatoms. The molecule has 0 spiro atoms. The third kappa shape index (κ3) is 2.48. The molecule has 0 aliphatic heterocycles. The number of rotatable bonds is 3. The fourth-order valence-electron chi connectivity index (χ4n) is 3.41. The molecular formula is C16H24. The van der Waals surface area contributed by atoms with Crippen molar-refractivity contribution < 1.29 is 0 Å². The molecule has 0 saturated heterocycles. The van der Waals surface area contributed by atoms with E-state index in [0.717, 1.165) is 5.92 Å². The Morgan fingerprint density at radius 1 is 1.00 bits per heavy atom. The highest BCUT2D eigenvalue weighted by atomic mass is 14.4. The summed E-state index contributed by atoms with van der Waals surface area (Å²) in [5.41, 5.74) is 2.08. The molecule has 0 bridgehead atoms. The Kier molecular flexibility index (Phi) is 3.68. The zero-order chi connectivity index (χ0) is 11.4. The predicted molar refractivity (Wildman–Crippen MR) is 70.7 cm³/mol. The molecule has 0 nitrogen and oxygen atoms in total. The smallest absolute Gasteiger partial charge is 0.00445 e. The lowest BCUT2D eigenvalue weighted by atomic mass is 9.65. The monoisotopic (exact) mass is 216 g/mol. The molecule has 2 rings (SSSR count). The van der Waals surface area contributed by atoms with E-state index in [1.807, 2.05) is 0 Å². The molecule has 1 aromatic rings. The van der Waals surface area contributed by atoms with Gasteiger partial charge in [0.05, 0.1) is 0 Å². The second-order valence-electron chi connectivity index (χ2n) is 5.80. The van der Waals surface area contributed by atoms with Crippen molar-refractivity contribution in [3.63, 3.8) is 0 Å². The lowest BCUT2D eigenvalue weighted by molar-refractivity contribution is 0.245. The van der Waals surface area contributed by atoms with Gasteiger partial charge in [0.1, 0.15) is 0 Å². The Morgan fingerprint density at radius 3 is 2.19 bits per heavy atom. The van der Waals surface area contributed by atoms with Crippen LogP contribution in [-0.2, 0) is 5.41 Å². The van der Waals surface area contributed by atoms with E-state index in [1.165, 1.54) is 38.5 Å². The van der Waals surface area contributed by atoms with Crippen LogP contribution in [0.2, 0.25) is 0 Å². The normalized spacial score (nSPS) is 19.9. The van der Waals surface area contributed by atoms with Crippen LogP contribution in [-0.4, -0.2) is 0 Å². The minimum absolute atomic E-state index is 0.494. The zero-order valence-electron chi connectivity index (χ0n) is 10.7. The van der Waals surface area contributed by atoms with E-state index < -0.39 is 0 Å². The molecule has 88 valence electrons. The van der Waals surface area contributed by atoms with E-state index in [0.29, 0.717) is 5.41 Å². The molecule has 0 atom stereocenters. The van der Waals surface area contributed by atoms with E-state index >= 15 is 0 Å². The standard InChI is InChI=1S/C16H24/c1-14(2)13-16(11-7-4-8-12-16)15-9-5-3-6-10-15/h3,5-6,9-10,14H,4,7-8,11-13H2,1-2H3. The summed E-state index contributed by atoms with van der Waals surface area (Å²) in [6.45, 7) is 4.72. The quantitative estimate of drug-likeness (QED) is 0.671. The van der Waals surface area contributed by atoms with Crippen molar-refractivity contribution in [2.45, 2.75) is 57.8 Å². The van der Waals surface area contributed by atoms with Crippen LogP contribution in [0.1, 0.15) is 57.9 Å². The van der Waals surface area contributed by atoms with Crippen molar-refractivity contribution in [1.29, 1.82) is 0 Å². The van der Waals surface area contributed by atoms with Gasteiger partial charge in [0, 0.05) is 0 Å². The summed E-state index contributed by atoms with van der Waals surface area (Å²) < 4.78 is 0. The Hall–Kier alpha value is -0.780. The van der Waals surface area contributed by atoms with Gasteiger partial charge in [-0.15, -0.1) is 0 Å². The van der Waals surface area contributed by atoms with Gasteiger partial charge in [-0.2, -0.15) is 0 Å². The highest BCUT2D eigenvalue weighted by Gasteiger charge is 2.33. The maximum atomic E-state index is 2.36. The van der Waals surface area contributed by atoms with Gasteiger partial charge < -0.3 is 0 Å². The lowest BCUT2D eigenvalue weighted by Crippen LogP contribution is -2.30. The van der Waals surface area contributed by atoms with E-state index in [4.69, 9.17) is 0 Å². The van der Waals surface area contributed by atoms with E-state index in [1.54, 1.807) is 5.56 Å². The summed E-state index contributed by atoms with van der Waals surface area (Å²) in [6, 6.07) is 11.2. The Bertz CT molecular complexity index is 304. The molecule has 1 fully saturated rings. The Morgan fingerprint density at radius 2 is 1.62 bits per heavy atom. The largest absolute Gasteiger partial charge is 0.0627 e. The summed E-state index contributed by atoms with van der Waals surface area (Å²) in [6.07, 6.45) is 8.43. The summed E-state index contributed by atoms with van der Waals surface area (Å²) in [5.74, 6) is 0.804. The van der Waals surface area contributed by atoms with Crippen LogP contribution < -0.4 is 0 Å². The molecule has 0 unspecified atom stereocenters. The highest BCUT2D eigenvalue weighted by molar-refractivity contribution is 5.26. The predicted octanol–water partition coefficient (Wildman–Crippen LogP) is 4.93. The molecule has 0 heterocycles. The SMILES string of the molecule is CC(C)CC1(c2ccccc2)CCCCC1. The maximum Gasteiger partial charge on any atom is -0.00445 e. The Labute approximate surface area is 100 Å². The van der Waals surface area contributed by atoms with Gasteiger partial charge in [0.2, 0.25) is 0 Å². The van der Waals surface area contributed by atoms with Crippen molar-refractivity contribution in [2.75, 3.05) is 0 Å². The molecule has 1 aromatic carbocycles. The molecule has 16 heavy (non-hydrogen) atoms. The van der Waals surface area contributed by atoms with E-state index in [-0.39, 0.29) is 0 Å². The summed E-state index contributed by atoms with van der Waals surface area (Å²) in [4.78, 5) is 0. The van der Waals surface area contributed by atoms with Gasteiger partial charge in [0.15, 0.2) is 0 Å². The second-order valence-corrected chi connectivity index (χ2v) is 5.80. The molecule has 0 amide bonds. The van der Waals surface area contributed by atoms with Gasteiger partial charge in [0.25, 0.3) is 0 Å². The third-order valence-corrected chi connectivity index (χ3v) is 4.00. The van der Waals surface area contributed by atoms with Crippen LogP contribution in [0, 0.1) is 5.92 Å². The fourth-order valence-corrected chi connectivity index (χ4v) is 3.41. The average Bonchev–Trinajstić information content (AvgIpc) is 2.30. The molecule has 0 aromatic heterocycles.